The zero-order valence-electron chi connectivity index (χ0n) is 12.3. The Bertz CT molecular complexity index is 539. The van der Waals surface area contributed by atoms with Gasteiger partial charge in [-0.3, -0.25) is 0 Å². The maximum atomic E-state index is 10.6. The summed E-state index contributed by atoms with van der Waals surface area (Å²) in [6, 6.07) is 3.04. The molecule has 1 heterocycles. The summed E-state index contributed by atoms with van der Waals surface area (Å²) >= 11 is 0. The van der Waals surface area contributed by atoms with E-state index in [0.717, 1.165) is 24.5 Å². The van der Waals surface area contributed by atoms with Gasteiger partial charge in [0.2, 0.25) is 0 Å². The molecule has 21 heavy (non-hydrogen) atoms. The molecule has 1 aliphatic heterocycles. The number of amides is 2. The minimum absolute atomic E-state index is 0.660. The van der Waals surface area contributed by atoms with E-state index < -0.39 is 6.03 Å². The van der Waals surface area contributed by atoms with Crippen molar-refractivity contribution in [3.05, 3.63) is 17.7 Å². The third-order valence-electron chi connectivity index (χ3n) is 3.36. The first-order valence-corrected chi connectivity index (χ1v) is 6.75. The summed E-state index contributed by atoms with van der Waals surface area (Å²) in [6.45, 7) is 2.02. The molecule has 2 rings (SSSR count). The van der Waals surface area contributed by atoms with Crippen LogP contribution in [0, 0.1) is 0 Å². The highest BCUT2D eigenvalue weighted by atomic mass is 16.5. The van der Waals surface area contributed by atoms with Crippen molar-refractivity contribution in [2.75, 3.05) is 32.2 Å². The molecular formula is C14H20N4O3. The van der Waals surface area contributed by atoms with Gasteiger partial charge in [-0.1, -0.05) is 0 Å². The molecule has 0 unspecified atom stereocenters. The second-order valence-corrected chi connectivity index (χ2v) is 4.69. The van der Waals surface area contributed by atoms with Crippen molar-refractivity contribution in [2.24, 2.45) is 10.8 Å². The number of anilines is 1. The van der Waals surface area contributed by atoms with Gasteiger partial charge in [0.25, 0.3) is 0 Å². The zero-order chi connectivity index (χ0) is 15.2. The summed E-state index contributed by atoms with van der Waals surface area (Å²) in [5.74, 6) is 1.41. The van der Waals surface area contributed by atoms with Crippen LogP contribution in [-0.2, 0) is 0 Å². The molecule has 7 heteroatoms. The molecular weight excluding hydrogens is 272 g/mol. The van der Waals surface area contributed by atoms with Gasteiger partial charge in [-0.15, -0.1) is 0 Å². The van der Waals surface area contributed by atoms with Gasteiger partial charge in [-0.25, -0.2) is 10.2 Å². The highest BCUT2D eigenvalue weighted by molar-refractivity contribution is 5.87. The number of rotatable bonds is 5. The fraction of sp³-hybridized carbons (Fsp3) is 0.429. The molecule has 0 bridgehead atoms. The number of urea groups is 1. The van der Waals surface area contributed by atoms with Gasteiger partial charge < -0.3 is 20.1 Å². The number of primary amides is 1. The second-order valence-electron chi connectivity index (χ2n) is 4.69. The molecule has 0 aromatic heterocycles. The van der Waals surface area contributed by atoms with Crippen LogP contribution >= 0.6 is 0 Å². The van der Waals surface area contributed by atoms with Gasteiger partial charge in [0.05, 0.1) is 26.1 Å². The number of hydrogen-bond acceptors (Lipinski definition) is 5. The molecule has 0 atom stereocenters. The fourth-order valence-electron chi connectivity index (χ4n) is 2.38. The monoisotopic (exact) mass is 292 g/mol. The molecule has 0 aliphatic carbocycles. The smallest absolute Gasteiger partial charge is 0.332 e. The fourth-order valence-corrected chi connectivity index (χ4v) is 2.38. The van der Waals surface area contributed by atoms with Gasteiger partial charge in [-0.05, 0) is 18.9 Å². The SMILES string of the molecule is COc1cc(N2CCCC2)c(OC)cc1C=NNC(N)=O. The van der Waals surface area contributed by atoms with E-state index in [2.05, 4.69) is 15.4 Å². The average Bonchev–Trinajstić information content (AvgIpc) is 3.00. The van der Waals surface area contributed by atoms with E-state index in [9.17, 15) is 4.79 Å². The lowest BCUT2D eigenvalue weighted by molar-refractivity contribution is 0.249. The van der Waals surface area contributed by atoms with E-state index in [1.807, 2.05) is 12.1 Å². The quantitative estimate of drug-likeness (QED) is 0.632. The standard InChI is InChI=1S/C14H20N4O3/c1-20-12-8-11(18-5-3-4-6-18)13(21-2)7-10(12)9-16-17-14(15)19/h7-9H,3-6H2,1-2H3,(H3,15,17,19). The number of methoxy groups -OCH3 is 2. The van der Waals surface area contributed by atoms with E-state index in [1.165, 1.54) is 19.1 Å². The molecule has 1 aromatic rings. The molecule has 7 nitrogen and oxygen atoms in total. The van der Waals surface area contributed by atoms with Crippen LogP contribution in [0.4, 0.5) is 10.5 Å². The molecule has 1 fully saturated rings. The average molecular weight is 292 g/mol. The Balaban J connectivity index is 2.33. The van der Waals surface area contributed by atoms with Gasteiger partial charge in [-0.2, -0.15) is 5.10 Å². The molecule has 1 aromatic carbocycles. The van der Waals surface area contributed by atoms with Crippen LogP contribution < -0.4 is 25.5 Å². The summed E-state index contributed by atoms with van der Waals surface area (Å²) < 4.78 is 10.8. The van der Waals surface area contributed by atoms with E-state index in [1.54, 1.807) is 14.2 Å². The Kier molecular flexibility index (Phi) is 4.86. The largest absolute Gasteiger partial charge is 0.496 e. The van der Waals surface area contributed by atoms with Gasteiger partial charge >= 0.3 is 6.03 Å². The van der Waals surface area contributed by atoms with Crippen molar-refractivity contribution in [1.29, 1.82) is 0 Å². The van der Waals surface area contributed by atoms with Crippen LogP contribution in [0.25, 0.3) is 0 Å². The lowest BCUT2D eigenvalue weighted by Crippen LogP contribution is -2.24. The summed E-state index contributed by atoms with van der Waals surface area (Å²) in [7, 11) is 3.22. The molecule has 114 valence electrons. The van der Waals surface area contributed by atoms with Gasteiger partial charge in [0.15, 0.2) is 0 Å². The normalized spacial score (nSPS) is 14.5. The van der Waals surface area contributed by atoms with Crippen molar-refractivity contribution < 1.29 is 14.3 Å². The van der Waals surface area contributed by atoms with Gasteiger partial charge in [0.1, 0.15) is 11.5 Å². The number of nitrogens with one attached hydrogen (secondary N) is 1. The summed E-state index contributed by atoms with van der Waals surface area (Å²) in [4.78, 5) is 12.9. The van der Waals surface area contributed by atoms with E-state index in [-0.39, 0.29) is 0 Å². The summed E-state index contributed by atoms with van der Waals surface area (Å²) in [5.41, 5.74) is 8.82. The Hall–Kier alpha value is -2.44. The van der Waals surface area contributed by atoms with Crippen LogP contribution in [0.5, 0.6) is 11.5 Å². The maximum absolute atomic E-state index is 10.6. The lowest BCUT2D eigenvalue weighted by Gasteiger charge is -2.22. The molecule has 3 N–H and O–H groups in total. The number of hydrazone groups is 1. The molecule has 2 amide bonds. The highest BCUT2D eigenvalue weighted by Gasteiger charge is 2.19. The summed E-state index contributed by atoms with van der Waals surface area (Å²) in [5, 5.41) is 3.75. The van der Waals surface area contributed by atoms with Crippen LogP contribution in [0.2, 0.25) is 0 Å². The maximum Gasteiger partial charge on any atom is 0.332 e. The number of carbonyl (C=O) groups excluding carboxylic acids is 1. The Morgan fingerprint density at radius 2 is 1.95 bits per heavy atom. The van der Waals surface area contributed by atoms with Crippen molar-refractivity contribution in [3.63, 3.8) is 0 Å². The number of benzene rings is 1. The van der Waals surface area contributed by atoms with Crippen molar-refractivity contribution >= 4 is 17.9 Å². The highest BCUT2D eigenvalue weighted by Crippen LogP contribution is 2.36. The van der Waals surface area contributed by atoms with Crippen LogP contribution in [0.3, 0.4) is 0 Å². The van der Waals surface area contributed by atoms with E-state index in [4.69, 9.17) is 15.2 Å². The minimum atomic E-state index is -0.717. The Labute approximate surface area is 123 Å². The number of hydrogen-bond donors (Lipinski definition) is 2. The van der Waals surface area contributed by atoms with Gasteiger partial charge in [0, 0.05) is 24.7 Å². The van der Waals surface area contributed by atoms with Crippen LogP contribution in [-0.4, -0.2) is 39.6 Å². The molecule has 0 radical (unpaired) electrons. The first-order valence-electron chi connectivity index (χ1n) is 6.75. The number of ether oxygens (including phenoxy) is 2. The third-order valence-corrected chi connectivity index (χ3v) is 3.36. The number of nitrogens with two attached hydrogens (primary N) is 1. The predicted molar refractivity (Wildman–Crippen MR) is 81.3 cm³/mol. The lowest BCUT2D eigenvalue weighted by atomic mass is 10.1. The van der Waals surface area contributed by atoms with Crippen LogP contribution in [0.1, 0.15) is 18.4 Å². The van der Waals surface area contributed by atoms with Crippen LogP contribution in [0.15, 0.2) is 17.2 Å². The number of carbonyl (C=O) groups is 1. The van der Waals surface area contributed by atoms with Crippen molar-refractivity contribution in [1.82, 2.24) is 5.43 Å². The third kappa shape index (κ3) is 3.56. The Morgan fingerprint density at radius 1 is 1.29 bits per heavy atom. The second kappa shape index (κ2) is 6.83. The first-order chi connectivity index (χ1) is 10.2. The zero-order valence-corrected chi connectivity index (χ0v) is 12.3. The molecule has 0 spiro atoms. The summed E-state index contributed by atoms with van der Waals surface area (Å²) in [6.07, 6.45) is 3.83. The number of nitrogens with zero attached hydrogens (tertiary/aromatic N) is 2. The topological polar surface area (TPSA) is 89.2 Å². The molecule has 1 aliphatic rings. The Morgan fingerprint density at radius 3 is 2.52 bits per heavy atom. The van der Waals surface area contributed by atoms with E-state index in [0.29, 0.717) is 11.3 Å². The minimum Gasteiger partial charge on any atom is -0.496 e. The van der Waals surface area contributed by atoms with Crippen molar-refractivity contribution in [2.45, 2.75) is 12.8 Å². The first kappa shape index (κ1) is 15.0. The molecule has 0 saturated carbocycles. The van der Waals surface area contributed by atoms with E-state index >= 15 is 0 Å². The van der Waals surface area contributed by atoms with Crippen molar-refractivity contribution in [3.8, 4) is 11.5 Å². The predicted octanol–water partition coefficient (Wildman–Crippen LogP) is 1.31. The molecule has 1 saturated heterocycles.